The molecule has 0 saturated carbocycles. The molecule has 0 saturated heterocycles. The van der Waals surface area contributed by atoms with Gasteiger partial charge < -0.3 is 4.74 Å². The SMILES string of the molecule is CCc1ccc(Oc2cc[c]cc2)cc1. The molecule has 1 nitrogen and oxygen atoms in total. The second-order valence-electron chi connectivity index (χ2n) is 3.34. The molecule has 2 rings (SSSR count). The van der Waals surface area contributed by atoms with Crippen molar-refractivity contribution in [3.05, 3.63) is 60.2 Å². The predicted octanol–water partition coefficient (Wildman–Crippen LogP) is 3.84. The fourth-order valence-corrected chi connectivity index (χ4v) is 1.37. The van der Waals surface area contributed by atoms with E-state index in [0.29, 0.717) is 0 Å². The Labute approximate surface area is 90.3 Å². The van der Waals surface area contributed by atoms with Crippen molar-refractivity contribution in [3.63, 3.8) is 0 Å². The molecule has 0 atom stereocenters. The molecule has 15 heavy (non-hydrogen) atoms. The summed E-state index contributed by atoms with van der Waals surface area (Å²) in [5, 5.41) is 0. The van der Waals surface area contributed by atoms with Crippen LogP contribution in [0.4, 0.5) is 0 Å². The van der Waals surface area contributed by atoms with Crippen LogP contribution in [0.2, 0.25) is 0 Å². The molecule has 0 aliphatic rings. The molecule has 2 aromatic rings. The molecule has 0 bridgehead atoms. The van der Waals surface area contributed by atoms with Crippen molar-refractivity contribution >= 4 is 0 Å². The Balaban J connectivity index is 2.11. The van der Waals surface area contributed by atoms with Crippen LogP contribution in [-0.2, 0) is 6.42 Å². The molecule has 0 spiro atoms. The minimum Gasteiger partial charge on any atom is -0.457 e. The topological polar surface area (TPSA) is 9.23 Å². The summed E-state index contributed by atoms with van der Waals surface area (Å²) in [6.07, 6.45) is 1.06. The molecule has 0 aromatic heterocycles. The highest BCUT2D eigenvalue weighted by atomic mass is 16.5. The van der Waals surface area contributed by atoms with Crippen molar-refractivity contribution < 1.29 is 4.74 Å². The van der Waals surface area contributed by atoms with Crippen molar-refractivity contribution in [2.75, 3.05) is 0 Å². The minimum atomic E-state index is 0.845. The summed E-state index contributed by atoms with van der Waals surface area (Å²) in [7, 11) is 0. The standard InChI is InChI=1S/C14H13O/c1-2-12-8-10-14(11-9-12)15-13-6-4-3-5-7-13/h4-11H,2H2,1H3. The summed E-state index contributed by atoms with van der Waals surface area (Å²) in [6, 6.07) is 18.6. The van der Waals surface area contributed by atoms with E-state index in [1.807, 2.05) is 36.4 Å². The minimum absolute atomic E-state index is 0.845. The van der Waals surface area contributed by atoms with E-state index >= 15 is 0 Å². The number of ether oxygens (including phenoxy) is 1. The quantitative estimate of drug-likeness (QED) is 0.726. The summed E-state index contributed by atoms with van der Waals surface area (Å²) in [5.41, 5.74) is 1.32. The maximum absolute atomic E-state index is 5.66. The van der Waals surface area contributed by atoms with E-state index in [4.69, 9.17) is 4.74 Å². The lowest BCUT2D eigenvalue weighted by Gasteiger charge is -2.05. The van der Waals surface area contributed by atoms with Gasteiger partial charge in [-0.2, -0.15) is 0 Å². The summed E-state index contributed by atoms with van der Waals surface area (Å²) >= 11 is 0. The van der Waals surface area contributed by atoms with Gasteiger partial charge in [-0.05, 0) is 42.3 Å². The van der Waals surface area contributed by atoms with Crippen molar-refractivity contribution in [2.24, 2.45) is 0 Å². The number of hydrogen-bond acceptors (Lipinski definition) is 1. The first-order chi connectivity index (χ1) is 7.38. The Morgan fingerprint density at radius 2 is 1.53 bits per heavy atom. The average molecular weight is 197 g/mol. The first-order valence-corrected chi connectivity index (χ1v) is 5.11. The van der Waals surface area contributed by atoms with Crippen molar-refractivity contribution in [2.45, 2.75) is 13.3 Å². The summed E-state index contributed by atoms with van der Waals surface area (Å²) in [4.78, 5) is 0. The van der Waals surface area contributed by atoms with Crippen LogP contribution in [0.1, 0.15) is 12.5 Å². The molecule has 1 radical (unpaired) electrons. The smallest absolute Gasteiger partial charge is 0.127 e. The van der Waals surface area contributed by atoms with Gasteiger partial charge in [0, 0.05) is 0 Å². The molecular formula is C14H13O. The zero-order chi connectivity index (χ0) is 10.5. The molecule has 0 unspecified atom stereocenters. The van der Waals surface area contributed by atoms with E-state index < -0.39 is 0 Å². The highest BCUT2D eigenvalue weighted by Crippen LogP contribution is 2.20. The lowest BCUT2D eigenvalue weighted by molar-refractivity contribution is 0.482. The van der Waals surface area contributed by atoms with Gasteiger partial charge in [-0.15, -0.1) is 0 Å². The molecule has 75 valence electrons. The average Bonchev–Trinajstić information content (AvgIpc) is 2.31. The van der Waals surface area contributed by atoms with E-state index in [-0.39, 0.29) is 0 Å². The summed E-state index contributed by atoms with van der Waals surface area (Å²) in [6.45, 7) is 2.14. The Bertz CT molecular complexity index is 403. The van der Waals surface area contributed by atoms with Gasteiger partial charge in [0.1, 0.15) is 11.5 Å². The van der Waals surface area contributed by atoms with Gasteiger partial charge in [0.2, 0.25) is 0 Å². The monoisotopic (exact) mass is 197 g/mol. The molecule has 0 heterocycles. The fourth-order valence-electron chi connectivity index (χ4n) is 1.37. The highest BCUT2D eigenvalue weighted by molar-refractivity contribution is 5.32. The van der Waals surface area contributed by atoms with Crippen LogP contribution < -0.4 is 4.74 Å². The van der Waals surface area contributed by atoms with Crippen LogP contribution in [0.15, 0.2) is 48.5 Å². The van der Waals surface area contributed by atoms with Gasteiger partial charge in [0.15, 0.2) is 0 Å². The van der Waals surface area contributed by atoms with Crippen LogP contribution in [-0.4, -0.2) is 0 Å². The maximum atomic E-state index is 5.66. The lowest BCUT2D eigenvalue weighted by atomic mass is 10.2. The van der Waals surface area contributed by atoms with E-state index in [1.54, 1.807) is 0 Å². The normalized spacial score (nSPS) is 9.93. The Hall–Kier alpha value is -1.76. The highest BCUT2D eigenvalue weighted by Gasteiger charge is 1.95. The van der Waals surface area contributed by atoms with Gasteiger partial charge in [-0.25, -0.2) is 0 Å². The molecular weight excluding hydrogens is 184 g/mol. The zero-order valence-electron chi connectivity index (χ0n) is 8.73. The molecule has 0 amide bonds. The van der Waals surface area contributed by atoms with E-state index in [2.05, 4.69) is 25.1 Å². The van der Waals surface area contributed by atoms with E-state index in [1.165, 1.54) is 5.56 Å². The Morgan fingerprint density at radius 1 is 0.933 bits per heavy atom. The number of benzene rings is 2. The molecule has 0 fully saturated rings. The molecule has 0 aliphatic heterocycles. The number of aryl methyl sites for hydroxylation is 1. The number of rotatable bonds is 3. The van der Waals surface area contributed by atoms with Crippen LogP contribution in [0.3, 0.4) is 0 Å². The first kappa shape index (κ1) is 9.78. The van der Waals surface area contributed by atoms with E-state index in [9.17, 15) is 0 Å². The summed E-state index contributed by atoms with van der Waals surface area (Å²) in [5.74, 6) is 1.72. The van der Waals surface area contributed by atoms with Crippen LogP contribution in [0.25, 0.3) is 0 Å². The van der Waals surface area contributed by atoms with Gasteiger partial charge in [-0.3, -0.25) is 0 Å². The molecule has 0 N–H and O–H groups in total. The predicted molar refractivity (Wildman–Crippen MR) is 61.2 cm³/mol. The molecule has 2 aromatic carbocycles. The van der Waals surface area contributed by atoms with Crippen LogP contribution in [0, 0.1) is 6.07 Å². The third-order valence-electron chi connectivity index (χ3n) is 2.25. The Kier molecular flexibility index (Phi) is 3.03. The van der Waals surface area contributed by atoms with Crippen molar-refractivity contribution in [1.29, 1.82) is 0 Å². The first-order valence-electron chi connectivity index (χ1n) is 5.11. The lowest BCUT2D eigenvalue weighted by Crippen LogP contribution is -1.84. The van der Waals surface area contributed by atoms with Crippen LogP contribution in [0.5, 0.6) is 11.5 Å². The third kappa shape index (κ3) is 2.59. The molecule has 0 aliphatic carbocycles. The third-order valence-corrected chi connectivity index (χ3v) is 2.25. The fraction of sp³-hybridized carbons (Fsp3) is 0.143. The zero-order valence-corrected chi connectivity index (χ0v) is 8.73. The number of hydrogen-bond donors (Lipinski definition) is 0. The summed E-state index contributed by atoms with van der Waals surface area (Å²) < 4.78 is 5.66. The van der Waals surface area contributed by atoms with E-state index in [0.717, 1.165) is 17.9 Å². The van der Waals surface area contributed by atoms with Crippen molar-refractivity contribution in [3.8, 4) is 11.5 Å². The molecule has 1 heteroatoms. The van der Waals surface area contributed by atoms with Gasteiger partial charge in [0.25, 0.3) is 0 Å². The van der Waals surface area contributed by atoms with Crippen LogP contribution >= 0.6 is 0 Å². The maximum Gasteiger partial charge on any atom is 0.127 e. The van der Waals surface area contributed by atoms with Crippen molar-refractivity contribution in [1.82, 2.24) is 0 Å². The largest absolute Gasteiger partial charge is 0.457 e. The Morgan fingerprint density at radius 3 is 2.13 bits per heavy atom. The second-order valence-corrected chi connectivity index (χ2v) is 3.34. The van der Waals surface area contributed by atoms with Gasteiger partial charge >= 0.3 is 0 Å². The second kappa shape index (κ2) is 4.65. The van der Waals surface area contributed by atoms with Gasteiger partial charge in [0.05, 0.1) is 0 Å². The van der Waals surface area contributed by atoms with Gasteiger partial charge in [-0.1, -0.05) is 31.2 Å².